The lowest BCUT2D eigenvalue weighted by Crippen LogP contribution is -1.98. The van der Waals surface area contributed by atoms with E-state index < -0.39 is 0 Å². The minimum atomic E-state index is 0.456. The Balaban J connectivity index is 2.36. The van der Waals surface area contributed by atoms with Crippen LogP contribution < -0.4 is 0 Å². The van der Waals surface area contributed by atoms with Gasteiger partial charge in [0.2, 0.25) is 0 Å². The molecule has 0 saturated carbocycles. The highest BCUT2D eigenvalue weighted by Gasteiger charge is 2.06. The maximum Gasteiger partial charge on any atom is 0.133 e. The third-order valence-corrected chi connectivity index (χ3v) is 2.19. The molecule has 0 aromatic carbocycles. The molecule has 0 saturated heterocycles. The second-order valence-electron chi connectivity index (χ2n) is 3.01. The smallest absolute Gasteiger partial charge is 0.133 e. The van der Waals surface area contributed by atoms with E-state index in [9.17, 15) is 0 Å². The van der Waals surface area contributed by atoms with Crippen LogP contribution in [0.3, 0.4) is 0 Å². The van der Waals surface area contributed by atoms with Gasteiger partial charge in [-0.3, -0.25) is 4.98 Å². The molecule has 0 N–H and O–H groups in total. The highest BCUT2D eigenvalue weighted by molar-refractivity contribution is 6.29. The molecule has 0 aliphatic rings. The summed E-state index contributed by atoms with van der Waals surface area (Å²) in [4.78, 5) is 3.93. The number of pyridine rings is 1. The molecule has 2 aromatic heterocycles. The fraction of sp³-hybridized carbons (Fsp3) is 0.200. The summed E-state index contributed by atoms with van der Waals surface area (Å²) in [6.45, 7) is 0.456. The minimum Gasteiger partial charge on any atom is -0.378 e. The van der Waals surface area contributed by atoms with Crippen molar-refractivity contribution in [3.63, 3.8) is 0 Å². The summed E-state index contributed by atoms with van der Waals surface area (Å²) < 4.78 is 6.64. The maximum atomic E-state index is 6.04. The van der Waals surface area contributed by atoms with Crippen molar-refractivity contribution >= 4 is 11.6 Å². The number of nitrogens with zero attached hydrogens (tertiary/aromatic N) is 3. The Morgan fingerprint density at radius 1 is 1.40 bits per heavy atom. The predicted octanol–water partition coefficient (Wildman–Crippen LogP) is 2.07. The topological polar surface area (TPSA) is 39.9 Å². The molecule has 0 aliphatic heterocycles. The van der Waals surface area contributed by atoms with Gasteiger partial charge in [0.1, 0.15) is 5.15 Å². The lowest BCUT2D eigenvalue weighted by molar-refractivity contribution is 0.181. The molecule has 0 bridgehead atoms. The molecule has 4 nitrogen and oxygen atoms in total. The maximum absolute atomic E-state index is 6.04. The van der Waals surface area contributed by atoms with E-state index in [0.29, 0.717) is 11.8 Å². The van der Waals surface area contributed by atoms with Gasteiger partial charge in [-0.15, -0.1) is 0 Å². The third-order valence-electron chi connectivity index (χ3n) is 1.92. The zero-order chi connectivity index (χ0) is 10.7. The number of aromatic nitrogens is 3. The van der Waals surface area contributed by atoms with E-state index in [1.165, 1.54) is 0 Å². The summed E-state index contributed by atoms with van der Waals surface area (Å²) in [6, 6.07) is 5.47. The number of hydrogen-bond donors (Lipinski definition) is 0. The van der Waals surface area contributed by atoms with Crippen LogP contribution in [0.2, 0.25) is 5.15 Å². The summed E-state index contributed by atoms with van der Waals surface area (Å²) in [5, 5.41) is 4.86. The summed E-state index contributed by atoms with van der Waals surface area (Å²) >= 11 is 6.04. The van der Waals surface area contributed by atoms with Crippen LogP contribution in [-0.2, 0) is 11.3 Å². The SMILES string of the molecule is COCc1cc(Cl)n(-c2ccncc2)n1. The first-order valence-electron chi connectivity index (χ1n) is 4.45. The first-order valence-corrected chi connectivity index (χ1v) is 4.83. The van der Waals surface area contributed by atoms with E-state index >= 15 is 0 Å². The van der Waals surface area contributed by atoms with Gasteiger partial charge in [0.05, 0.1) is 18.0 Å². The van der Waals surface area contributed by atoms with E-state index in [1.54, 1.807) is 30.3 Å². The largest absolute Gasteiger partial charge is 0.378 e. The van der Waals surface area contributed by atoms with Gasteiger partial charge in [0, 0.05) is 25.6 Å². The first-order chi connectivity index (χ1) is 7.31. The van der Waals surface area contributed by atoms with E-state index in [-0.39, 0.29) is 0 Å². The van der Waals surface area contributed by atoms with E-state index in [2.05, 4.69) is 10.1 Å². The van der Waals surface area contributed by atoms with Crippen LogP contribution in [0, 0.1) is 0 Å². The van der Waals surface area contributed by atoms with Gasteiger partial charge in [-0.1, -0.05) is 11.6 Å². The molecule has 0 aliphatic carbocycles. The number of halogens is 1. The van der Waals surface area contributed by atoms with Crippen molar-refractivity contribution < 1.29 is 4.74 Å². The Morgan fingerprint density at radius 3 is 2.80 bits per heavy atom. The van der Waals surface area contributed by atoms with Crippen LogP contribution in [0.4, 0.5) is 0 Å². The van der Waals surface area contributed by atoms with Crippen LogP contribution >= 0.6 is 11.6 Å². The Labute approximate surface area is 92.5 Å². The minimum absolute atomic E-state index is 0.456. The number of hydrogen-bond acceptors (Lipinski definition) is 3. The summed E-state index contributed by atoms with van der Waals surface area (Å²) in [5.41, 5.74) is 1.69. The van der Waals surface area contributed by atoms with Gasteiger partial charge in [-0.2, -0.15) is 5.10 Å². The summed E-state index contributed by atoms with van der Waals surface area (Å²) in [7, 11) is 1.62. The lowest BCUT2D eigenvalue weighted by Gasteiger charge is -2.01. The summed E-state index contributed by atoms with van der Waals surface area (Å²) in [5.74, 6) is 0. The molecule has 0 spiro atoms. The van der Waals surface area contributed by atoms with Crippen LogP contribution in [0.25, 0.3) is 5.69 Å². The van der Waals surface area contributed by atoms with Crippen molar-refractivity contribution in [2.24, 2.45) is 0 Å². The van der Waals surface area contributed by atoms with Crippen molar-refractivity contribution in [1.82, 2.24) is 14.8 Å². The molecule has 0 unspecified atom stereocenters. The molecule has 78 valence electrons. The molecule has 5 heteroatoms. The molecular weight excluding hydrogens is 214 g/mol. The van der Waals surface area contributed by atoms with E-state index in [0.717, 1.165) is 11.4 Å². The Morgan fingerprint density at radius 2 is 2.13 bits per heavy atom. The number of methoxy groups -OCH3 is 1. The van der Waals surface area contributed by atoms with Crippen molar-refractivity contribution in [3.8, 4) is 5.69 Å². The molecule has 0 radical (unpaired) electrons. The first kappa shape index (κ1) is 10.1. The average Bonchev–Trinajstić information content (AvgIpc) is 2.61. The van der Waals surface area contributed by atoms with Crippen molar-refractivity contribution in [2.45, 2.75) is 6.61 Å². The standard InChI is InChI=1S/C10H10ClN3O/c1-15-7-8-6-10(11)14(13-8)9-2-4-12-5-3-9/h2-6H,7H2,1H3. The highest BCUT2D eigenvalue weighted by Crippen LogP contribution is 2.16. The van der Waals surface area contributed by atoms with E-state index in [1.807, 2.05) is 12.1 Å². The molecule has 2 heterocycles. The molecule has 15 heavy (non-hydrogen) atoms. The zero-order valence-corrected chi connectivity index (χ0v) is 8.98. The van der Waals surface area contributed by atoms with E-state index in [4.69, 9.17) is 16.3 Å². The predicted molar refractivity (Wildman–Crippen MR) is 57.1 cm³/mol. The molecule has 0 atom stereocenters. The van der Waals surface area contributed by atoms with Crippen LogP contribution in [-0.4, -0.2) is 21.9 Å². The number of ether oxygens (including phenoxy) is 1. The fourth-order valence-electron chi connectivity index (χ4n) is 1.29. The molecular formula is C10H10ClN3O. The Bertz CT molecular complexity index is 441. The van der Waals surface area contributed by atoms with Gasteiger partial charge >= 0.3 is 0 Å². The van der Waals surface area contributed by atoms with Gasteiger partial charge in [-0.25, -0.2) is 4.68 Å². The Kier molecular flexibility index (Phi) is 2.99. The fourth-order valence-corrected chi connectivity index (χ4v) is 1.55. The highest BCUT2D eigenvalue weighted by atomic mass is 35.5. The number of rotatable bonds is 3. The monoisotopic (exact) mass is 223 g/mol. The molecule has 0 amide bonds. The van der Waals surface area contributed by atoms with Crippen molar-refractivity contribution in [1.29, 1.82) is 0 Å². The third kappa shape index (κ3) is 2.16. The van der Waals surface area contributed by atoms with Crippen LogP contribution in [0.5, 0.6) is 0 Å². The van der Waals surface area contributed by atoms with Gasteiger partial charge < -0.3 is 4.74 Å². The van der Waals surface area contributed by atoms with Crippen molar-refractivity contribution in [2.75, 3.05) is 7.11 Å². The lowest BCUT2D eigenvalue weighted by atomic mass is 10.4. The van der Waals surface area contributed by atoms with Crippen LogP contribution in [0.15, 0.2) is 30.6 Å². The van der Waals surface area contributed by atoms with Gasteiger partial charge in [0.25, 0.3) is 0 Å². The zero-order valence-electron chi connectivity index (χ0n) is 8.22. The Hall–Kier alpha value is -1.39. The summed E-state index contributed by atoms with van der Waals surface area (Å²) in [6.07, 6.45) is 3.40. The van der Waals surface area contributed by atoms with Gasteiger partial charge in [-0.05, 0) is 12.1 Å². The van der Waals surface area contributed by atoms with Crippen molar-refractivity contribution in [3.05, 3.63) is 41.4 Å². The second kappa shape index (κ2) is 4.42. The van der Waals surface area contributed by atoms with Crippen LogP contribution in [0.1, 0.15) is 5.69 Å². The second-order valence-corrected chi connectivity index (χ2v) is 3.40. The molecule has 0 fully saturated rings. The quantitative estimate of drug-likeness (QED) is 0.800. The average molecular weight is 224 g/mol. The van der Waals surface area contributed by atoms with Gasteiger partial charge in [0.15, 0.2) is 0 Å². The molecule has 2 rings (SSSR count). The molecule has 2 aromatic rings. The normalized spacial score (nSPS) is 10.5.